The molecule has 1 fully saturated rings. The maximum atomic E-state index is 14.3. The zero-order valence-corrected chi connectivity index (χ0v) is 17.3. The number of aromatic nitrogens is 3. The zero-order valence-electron chi connectivity index (χ0n) is 17.3. The van der Waals surface area contributed by atoms with Crippen LogP contribution in [0.5, 0.6) is 5.75 Å². The summed E-state index contributed by atoms with van der Waals surface area (Å²) in [5.41, 5.74) is -1.58. The number of halogens is 7. The summed E-state index contributed by atoms with van der Waals surface area (Å²) >= 11 is 0. The Hall–Kier alpha value is -3.35. The third-order valence-electron chi connectivity index (χ3n) is 5.53. The van der Waals surface area contributed by atoms with E-state index >= 15 is 0 Å². The van der Waals surface area contributed by atoms with Crippen molar-refractivity contribution in [2.75, 3.05) is 13.2 Å². The number of hydrogen-bond acceptors (Lipinski definition) is 4. The van der Waals surface area contributed by atoms with E-state index in [2.05, 4.69) is 9.84 Å². The maximum absolute atomic E-state index is 14.3. The van der Waals surface area contributed by atoms with Crippen LogP contribution in [-0.4, -0.2) is 39.7 Å². The molecule has 6 nitrogen and oxygen atoms in total. The molecule has 1 aromatic heterocycles. The summed E-state index contributed by atoms with van der Waals surface area (Å²) in [5, 5.41) is 4.02. The van der Waals surface area contributed by atoms with E-state index in [0.717, 1.165) is 33.8 Å². The third-order valence-corrected chi connectivity index (χ3v) is 5.53. The molecular weight excluding hydrogens is 475 g/mol. The molecule has 0 aliphatic carbocycles. The Balaban J connectivity index is 1.53. The van der Waals surface area contributed by atoms with E-state index in [1.807, 2.05) is 0 Å². The molecule has 0 bridgehead atoms. The van der Waals surface area contributed by atoms with Crippen LogP contribution >= 0.6 is 0 Å². The van der Waals surface area contributed by atoms with E-state index < -0.39 is 47.7 Å². The molecule has 1 aliphatic heterocycles. The molecule has 2 aromatic carbocycles. The van der Waals surface area contributed by atoms with Crippen LogP contribution in [0.15, 0.2) is 53.6 Å². The van der Waals surface area contributed by atoms with Gasteiger partial charge in [0.05, 0.1) is 18.3 Å². The van der Waals surface area contributed by atoms with Gasteiger partial charge in [-0.15, -0.1) is 0 Å². The first-order chi connectivity index (χ1) is 15.9. The number of benzene rings is 2. The normalized spacial score (nSPS) is 19.2. The lowest BCUT2D eigenvalue weighted by Crippen LogP contribution is -2.41. The summed E-state index contributed by atoms with van der Waals surface area (Å²) in [6.45, 7) is -0.246. The van der Waals surface area contributed by atoms with Gasteiger partial charge in [0.2, 0.25) is 0 Å². The van der Waals surface area contributed by atoms with E-state index in [1.54, 1.807) is 6.92 Å². The van der Waals surface area contributed by atoms with Gasteiger partial charge in [0.25, 0.3) is 0 Å². The number of ether oxygens (including phenoxy) is 2. The second-order valence-corrected chi connectivity index (χ2v) is 7.69. The number of rotatable bonds is 7. The van der Waals surface area contributed by atoms with Crippen molar-refractivity contribution in [2.45, 2.75) is 30.7 Å². The second kappa shape index (κ2) is 8.15. The van der Waals surface area contributed by atoms with Crippen molar-refractivity contribution in [3.05, 3.63) is 76.5 Å². The molecule has 182 valence electrons. The quantitative estimate of drug-likeness (QED) is 0.364. The minimum Gasteiger partial charge on any atom is -0.487 e. The van der Waals surface area contributed by atoms with Crippen LogP contribution < -0.4 is 10.4 Å². The van der Waals surface area contributed by atoms with Gasteiger partial charge >= 0.3 is 17.8 Å². The van der Waals surface area contributed by atoms with Crippen LogP contribution in [0.2, 0.25) is 0 Å². The van der Waals surface area contributed by atoms with Gasteiger partial charge in [-0.25, -0.2) is 22.8 Å². The van der Waals surface area contributed by atoms with E-state index in [4.69, 9.17) is 4.74 Å². The summed E-state index contributed by atoms with van der Waals surface area (Å²) < 4.78 is 102. The van der Waals surface area contributed by atoms with Crippen molar-refractivity contribution in [3.8, 4) is 11.4 Å². The molecule has 0 N–H and O–H groups in total. The monoisotopic (exact) mass is 491 g/mol. The second-order valence-electron chi connectivity index (χ2n) is 7.69. The van der Waals surface area contributed by atoms with Gasteiger partial charge in [-0.3, -0.25) is 0 Å². The molecule has 13 heteroatoms. The number of alkyl halides is 5. The van der Waals surface area contributed by atoms with Crippen LogP contribution in [0.3, 0.4) is 0 Å². The van der Waals surface area contributed by atoms with Crippen molar-refractivity contribution >= 4 is 0 Å². The summed E-state index contributed by atoms with van der Waals surface area (Å²) in [7, 11) is 0. The first kappa shape index (κ1) is 23.8. The summed E-state index contributed by atoms with van der Waals surface area (Å²) in [6, 6.07) is 7.00. The van der Waals surface area contributed by atoms with Gasteiger partial charge < -0.3 is 9.47 Å². The van der Waals surface area contributed by atoms with Crippen LogP contribution in [0.4, 0.5) is 30.7 Å². The topological polar surface area (TPSA) is 61.6 Å². The Morgan fingerprint density at radius 3 is 2.32 bits per heavy atom. The van der Waals surface area contributed by atoms with Crippen LogP contribution in [0.1, 0.15) is 18.5 Å². The van der Waals surface area contributed by atoms with Crippen molar-refractivity contribution in [1.29, 1.82) is 0 Å². The van der Waals surface area contributed by atoms with Gasteiger partial charge in [-0.2, -0.15) is 27.1 Å². The smallest absolute Gasteiger partial charge is 0.456 e. The summed E-state index contributed by atoms with van der Waals surface area (Å²) in [4.78, 5) is 12.9. The van der Waals surface area contributed by atoms with Gasteiger partial charge in [0.1, 0.15) is 29.3 Å². The number of nitrogens with zero attached hydrogens (tertiary/aromatic N) is 3. The highest BCUT2D eigenvalue weighted by molar-refractivity contribution is 5.37. The van der Waals surface area contributed by atoms with Crippen LogP contribution in [-0.2, 0) is 10.3 Å². The molecule has 0 unspecified atom stereocenters. The Labute approximate surface area is 187 Å². The lowest BCUT2D eigenvalue weighted by molar-refractivity contribution is -0.290. The molecule has 34 heavy (non-hydrogen) atoms. The molecule has 0 spiro atoms. The lowest BCUT2D eigenvalue weighted by atomic mass is 9.92. The highest BCUT2D eigenvalue weighted by Crippen LogP contribution is 2.48. The molecule has 2 atom stereocenters. The highest BCUT2D eigenvalue weighted by Gasteiger charge is 2.58. The maximum Gasteiger partial charge on any atom is 0.456 e. The molecular formula is C21H16F7N3O3. The molecule has 0 saturated carbocycles. The fourth-order valence-corrected chi connectivity index (χ4v) is 3.45. The Kier molecular flexibility index (Phi) is 5.70. The minimum atomic E-state index is -5.75. The Morgan fingerprint density at radius 1 is 1.12 bits per heavy atom. The van der Waals surface area contributed by atoms with Crippen molar-refractivity contribution in [3.63, 3.8) is 0 Å². The fourth-order valence-electron chi connectivity index (χ4n) is 3.45. The van der Waals surface area contributed by atoms with Crippen LogP contribution in [0.25, 0.3) is 5.69 Å². The fraction of sp³-hybridized carbons (Fsp3) is 0.333. The SMILES string of the molecule is C[C@@H](n1ncn(-c2ccc(OCC(F)(F)C(F)(F)F)cc2)c1=O)[C@]1(c2ccc(F)cc2F)CO1. The number of epoxide rings is 1. The van der Waals surface area contributed by atoms with Crippen molar-refractivity contribution in [2.24, 2.45) is 0 Å². The van der Waals surface area contributed by atoms with Gasteiger partial charge in [-0.1, -0.05) is 6.07 Å². The standard InChI is InChI=1S/C21H16F7N3O3/c1-12(19(9-34-19)16-7-2-13(22)8-17(16)23)31-18(32)30(11-29-31)14-3-5-15(6-4-14)33-10-20(24,25)21(26,27)28/h2-8,11-12H,9-10H2,1H3/t12-,19+/m1/s1. The number of hydrogen-bond donors (Lipinski definition) is 0. The molecule has 0 amide bonds. The van der Waals surface area contributed by atoms with Gasteiger partial charge in [0, 0.05) is 11.6 Å². The molecule has 1 saturated heterocycles. The van der Waals surface area contributed by atoms with Gasteiger partial charge in [-0.05, 0) is 37.3 Å². The molecule has 4 rings (SSSR count). The first-order valence-corrected chi connectivity index (χ1v) is 9.79. The lowest BCUT2D eigenvalue weighted by Gasteiger charge is -2.20. The minimum absolute atomic E-state index is 0.0695. The zero-order chi connectivity index (χ0) is 24.9. The van der Waals surface area contributed by atoms with Crippen molar-refractivity contribution < 1.29 is 40.2 Å². The van der Waals surface area contributed by atoms with Crippen LogP contribution in [0, 0.1) is 11.6 Å². The van der Waals surface area contributed by atoms with E-state index in [-0.39, 0.29) is 23.6 Å². The highest BCUT2D eigenvalue weighted by atomic mass is 19.4. The first-order valence-electron chi connectivity index (χ1n) is 9.79. The van der Waals surface area contributed by atoms with E-state index in [9.17, 15) is 35.5 Å². The average Bonchev–Trinajstić information content (AvgIpc) is 3.47. The molecule has 2 heterocycles. The average molecular weight is 491 g/mol. The Bertz CT molecular complexity index is 1250. The van der Waals surface area contributed by atoms with E-state index in [0.29, 0.717) is 6.07 Å². The summed E-state index contributed by atoms with van der Waals surface area (Å²) in [6.07, 6.45) is -4.59. The predicted octanol–water partition coefficient (Wildman–Crippen LogP) is 4.38. The van der Waals surface area contributed by atoms with Crippen molar-refractivity contribution in [1.82, 2.24) is 14.3 Å². The molecule has 0 radical (unpaired) electrons. The van der Waals surface area contributed by atoms with Gasteiger partial charge in [0.15, 0.2) is 6.61 Å². The third kappa shape index (κ3) is 4.15. The predicted molar refractivity (Wildman–Crippen MR) is 103 cm³/mol. The Morgan fingerprint density at radius 2 is 1.76 bits per heavy atom. The van der Waals surface area contributed by atoms with E-state index in [1.165, 1.54) is 18.2 Å². The molecule has 1 aliphatic rings. The summed E-state index contributed by atoms with van der Waals surface area (Å²) in [5.74, 6) is -6.88. The largest absolute Gasteiger partial charge is 0.487 e. The molecule has 3 aromatic rings.